The third-order valence-corrected chi connectivity index (χ3v) is 4.33. The summed E-state index contributed by atoms with van der Waals surface area (Å²) in [5.74, 6) is 1.47. The number of ether oxygens (including phenoxy) is 1. The molecule has 0 fully saturated rings. The molecule has 1 N–H and O–H groups in total. The summed E-state index contributed by atoms with van der Waals surface area (Å²) in [6.07, 6.45) is 1.03. The van der Waals surface area contributed by atoms with Gasteiger partial charge in [-0.05, 0) is 38.9 Å². The van der Waals surface area contributed by atoms with Gasteiger partial charge in [0.25, 0.3) is 0 Å². The second-order valence-electron chi connectivity index (χ2n) is 6.05. The zero-order valence-electron chi connectivity index (χ0n) is 13.0. The summed E-state index contributed by atoms with van der Waals surface area (Å²) >= 11 is 0. The van der Waals surface area contributed by atoms with E-state index in [0.717, 1.165) is 18.8 Å². The molecule has 2 atom stereocenters. The standard InChI is InChI=1S/C19H23NO/c1-13-8-14(2)10-15(9-13)11-18(20-3)17-12-21-19-7-5-4-6-16(17)19/h4-10,17-18,20H,11-12H2,1-3H3. The normalized spacial score (nSPS) is 18.1. The Morgan fingerprint density at radius 3 is 2.57 bits per heavy atom. The highest BCUT2D eigenvalue weighted by molar-refractivity contribution is 5.41. The van der Waals surface area contributed by atoms with Crippen LogP contribution in [0.1, 0.15) is 28.2 Å². The molecular formula is C19H23NO. The van der Waals surface area contributed by atoms with E-state index >= 15 is 0 Å². The number of rotatable bonds is 4. The molecule has 0 bridgehead atoms. The van der Waals surface area contributed by atoms with E-state index in [0.29, 0.717) is 12.0 Å². The van der Waals surface area contributed by atoms with Gasteiger partial charge < -0.3 is 10.1 Å². The Hall–Kier alpha value is -1.80. The van der Waals surface area contributed by atoms with Crippen LogP contribution in [0.2, 0.25) is 0 Å². The lowest BCUT2D eigenvalue weighted by Gasteiger charge is -2.23. The van der Waals surface area contributed by atoms with Gasteiger partial charge in [-0.3, -0.25) is 0 Å². The van der Waals surface area contributed by atoms with Crippen molar-refractivity contribution in [1.82, 2.24) is 5.32 Å². The Kier molecular flexibility index (Phi) is 3.98. The average molecular weight is 281 g/mol. The van der Waals surface area contributed by atoms with Gasteiger partial charge in [-0.1, -0.05) is 47.5 Å². The fraction of sp³-hybridized carbons (Fsp3) is 0.368. The Balaban J connectivity index is 1.83. The van der Waals surface area contributed by atoms with Gasteiger partial charge in [0.05, 0.1) is 6.61 Å². The third kappa shape index (κ3) is 2.96. The van der Waals surface area contributed by atoms with E-state index in [-0.39, 0.29) is 0 Å². The van der Waals surface area contributed by atoms with Gasteiger partial charge in [0.2, 0.25) is 0 Å². The summed E-state index contributed by atoms with van der Waals surface area (Å²) in [7, 11) is 2.05. The topological polar surface area (TPSA) is 21.3 Å². The van der Waals surface area contributed by atoms with Gasteiger partial charge in [0.1, 0.15) is 5.75 Å². The zero-order valence-corrected chi connectivity index (χ0v) is 13.0. The van der Waals surface area contributed by atoms with Gasteiger partial charge in [-0.15, -0.1) is 0 Å². The quantitative estimate of drug-likeness (QED) is 0.924. The Morgan fingerprint density at radius 2 is 1.86 bits per heavy atom. The van der Waals surface area contributed by atoms with E-state index in [1.165, 1.54) is 22.3 Å². The molecule has 0 saturated carbocycles. The highest BCUT2D eigenvalue weighted by atomic mass is 16.5. The molecule has 21 heavy (non-hydrogen) atoms. The molecule has 1 aliphatic heterocycles. The predicted molar refractivity (Wildman–Crippen MR) is 87.1 cm³/mol. The Labute approximate surface area is 127 Å². The van der Waals surface area contributed by atoms with E-state index in [4.69, 9.17) is 4.74 Å². The van der Waals surface area contributed by atoms with Gasteiger partial charge in [-0.2, -0.15) is 0 Å². The molecular weight excluding hydrogens is 258 g/mol. The summed E-state index contributed by atoms with van der Waals surface area (Å²) in [6.45, 7) is 5.10. The van der Waals surface area contributed by atoms with Crippen molar-refractivity contribution >= 4 is 0 Å². The van der Waals surface area contributed by atoms with Crippen LogP contribution in [0.3, 0.4) is 0 Å². The average Bonchev–Trinajstić information content (AvgIpc) is 2.87. The first kappa shape index (κ1) is 14.2. The van der Waals surface area contributed by atoms with Gasteiger partial charge in [-0.25, -0.2) is 0 Å². The summed E-state index contributed by atoms with van der Waals surface area (Å²) in [6, 6.07) is 15.6. The van der Waals surface area contributed by atoms with E-state index in [1.807, 2.05) is 13.1 Å². The lowest BCUT2D eigenvalue weighted by molar-refractivity contribution is 0.302. The van der Waals surface area contributed by atoms with Crippen molar-refractivity contribution in [3.8, 4) is 5.75 Å². The predicted octanol–water partition coefficient (Wildman–Crippen LogP) is 3.61. The van der Waals surface area contributed by atoms with Crippen LogP contribution in [0.25, 0.3) is 0 Å². The minimum absolute atomic E-state index is 0.398. The van der Waals surface area contributed by atoms with Crippen LogP contribution >= 0.6 is 0 Å². The molecule has 2 aromatic carbocycles. The van der Waals surface area contributed by atoms with E-state index in [2.05, 4.69) is 55.6 Å². The summed E-state index contributed by atoms with van der Waals surface area (Å²) in [5.41, 5.74) is 5.41. The van der Waals surface area contributed by atoms with E-state index in [1.54, 1.807) is 0 Å². The van der Waals surface area contributed by atoms with Crippen LogP contribution in [0, 0.1) is 13.8 Å². The van der Waals surface area contributed by atoms with Gasteiger partial charge in [0.15, 0.2) is 0 Å². The zero-order chi connectivity index (χ0) is 14.8. The van der Waals surface area contributed by atoms with Crippen molar-refractivity contribution in [3.63, 3.8) is 0 Å². The first-order valence-corrected chi connectivity index (χ1v) is 7.63. The van der Waals surface area contributed by atoms with Crippen molar-refractivity contribution in [3.05, 3.63) is 64.7 Å². The molecule has 0 aliphatic carbocycles. The van der Waals surface area contributed by atoms with Crippen LogP contribution in [-0.4, -0.2) is 19.7 Å². The molecule has 0 aromatic heterocycles. The van der Waals surface area contributed by atoms with Crippen LogP contribution in [-0.2, 0) is 6.42 Å². The molecule has 2 aromatic rings. The molecule has 2 unspecified atom stereocenters. The fourth-order valence-corrected chi connectivity index (χ4v) is 3.41. The van der Waals surface area contributed by atoms with E-state index in [9.17, 15) is 0 Å². The number of nitrogens with one attached hydrogen (secondary N) is 1. The molecule has 2 heteroatoms. The van der Waals surface area contributed by atoms with Crippen LogP contribution in [0.5, 0.6) is 5.75 Å². The molecule has 3 rings (SSSR count). The Morgan fingerprint density at radius 1 is 1.14 bits per heavy atom. The molecule has 2 nitrogen and oxygen atoms in total. The maximum absolute atomic E-state index is 5.84. The lowest BCUT2D eigenvalue weighted by Crippen LogP contribution is -2.35. The van der Waals surface area contributed by atoms with Crippen LogP contribution in [0.4, 0.5) is 0 Å². The molecule has 0 saturated heterocycles. The molecule has 0 radical (unpaired) electrons. The van der Waals surface area contributed by atoms with E-state index < -0.39 is 0 Å². The fourth-order valence-electron chi connectivity index (χ4n) is 3.41. The third-order valence-electron chi connectivity index (χ3n) is 4.33. The van der Waals surface area contributed by atoms with Crippen LogP contribution in [0.15, 0.2) is 42.5 Å². The minimum atomic E-state index is 0.398. The van der Waals surface area contributed by atoms with Gasteiger partial charge in [0, 0.05) is 17.5 Å². The molecule has 110 valence electrons. The summed E-state index contributed by atoms with van der Waals surface area (Å²) < 4.78 is 5.84. The molecule has 1 aliphatic rings. The second-order valence-corrected chi connectivity index (χ2v) is 6.05. The lowest BCUT2D eigenvalue weighted by atomic mass is 9.88. The first-order chi connectivity index (χ1) is 10.2. The largest absolute Gasteiger partial charge is 0.493 e. The Bertz CT molecular complexity index is 615. The maximum atomic E-state index is 5.84. The smallest absolute Gasteiger partial charge is 0.122 e. The number of aryl methyl sites for hydroxylation is 2. The summed E-state index contributed by atoms with van der Waals surface area (Å²) in [4.78, 5) is 0. The number of likely N-dealkylation sites (N-methyl/N-ethyl adjacent to an activating group) is 1. The number of para-hydroxylation sites is 1. The minimum Gasteiger partial charge on any atom is -0.493 e. The van der Waals surface area contributed by atoms with Crippen molar-refractivity contribution in [2.24, 2.45) is 0 Å². The van der Waals surface area contributed by atoms with Crippen molar-refractivity contribution in [2.75, 3.05) is 13.7 Å². The molecule has 0 spiro atoms. The highest BCUT2D eigenvalue weighted by Crippen LogP contribution is 2.36. The van der Waals surface area contributed by atoms with Crippen molar-refractivity contribution in [2.45, 2.75) is 32.2 Å². The van der Waals surface area contributed by atoms with Crippen LogP contribution < -0.4 is 10.1 Å². The molecule has 1 heterocycles. The number of hydrogen-bond donors (Lipinski definition) is 1. The number of fused-ring (bicyclic) bond motifs is 1. The van der Waals surface area contributed by atoms with Gasteiger partial charge >= 0.3 is 0 Å². The summed E-state index contributed by atoms with van der Waals surface area (Å²) in [5, 5.41) is 3.49. The number of hydrogen-bond acceptors (Lipinski definition) is 2. The number of benzene rings is 2. The molecule has 0 amide bonds. The van der Waals surface area contributed by atoms with Crippen molar-refractivity contribution < 1.29 is 4.74 Å². The van der Waals surface area contributed by atoms with Crippen molar-refractivity contribution in [1.29, 1.82) is 0 Å². The SMILES string of the molecule is CNC(Cc1cc(C)cc(C)c1)C1COc2ccccc21. The maximum Gasteiger partial charge on any atom is 0.122 e. The first-order valence-electron chi connectivity index (χ1n) is 7.63. The monoisotopic (exact) mass is 281 g/mol. The second kappa shape index (κ2) is 5.90. The highest BCUT2D eigenvalue weighted by Gasteiger charge is 2.30.